The number of piperidine rings is 1. The number of benzene rings is 1. The molecule has 2 N–H and O–H groups in total. The van der Waals surface area contributed by atoms with E-state index >= 15 is 0 Å². The lowest BCUT2D eigenvalue weighted by Crippen LogP contribution is -2.38. The van der Waals surface area contributed by atoms with Gasteiger partial charge in [0.1, 0.15) is 5.75 Å². The van der Waals surface area contributed by atoms with Crippen LogP contribution in [-0.2, 0) is 6.42 Å². The molecule has 0 bridgehead atoms. The standard InChI is InChI=1S/C24H34N2O3.C2H7N/c1-17-22(28-14-19-2-3-19)7-5-20-21(25-29-23(17)20)6-4-18-8-12-26(13-9-18)15-24(16-27)10-11-24;1-3-2/h5,7,18-19,27H,2-4,6,8-16H2,1H3;3H,1-2H3. The molecule has 178 valence electrons. The lowest BCUT2D eigenvalue weighted by molar-refractivity contribution is 0.115. The first-order valence-electron chi connectivity index (χ1n) is 12.5. The van der Waals surface area contributed by atoms with E-state index in [9.17, 15) is 5.11 Å². The van der Waals surface area contributed by atoms with E-state index in [1.54, 1.807) is 0 Å². The monoisotopic (exact) mass is 443 g/mol. The average Bonchev–Trinajstić information content (AvgIpc) is 3.73. The minimum absolute atomic E-state index is 0.242. The number of ether oxygens (including phenoxy) is 1. The number of nitrogens with zero attached hydrogens (tertiary/aromatic N) is 2. The van der Waals surface area contributed by atoms with Crippen molar-refractivity contribution in [2.24, 2.45) is 17.3 Å². The Kier molecular flexibility index (Phi) is 7.74. The Morgan fingerprint density at radius 2 is 1.88 bits per heavy atom. The average molecular weight is 444 g/mol. The summed E-state index contributed by atoms with van der Waals surface area (Å²) in [6, 6.07) is 4.22. The summed E-state index contributed by atoms with van der Waals surface area (Å²) in [7, 11) is 3.75. The predicted octanol–water partition coefficient (Wildman–Crippen LogP) is 4.18. The van der Waals surface area contributed by atoms with Gasteiger partial charge in [-0.1, -0.05) is 5.16 Å². The Morgan fingerprint density at radius 1 is 1.16 bits per heavy atom. The molecule has 3 aliphatic rings. The van der Waals surface area contributed by atoms with Gasteiger partial charge in [-0.15, -0.1) is 0 Å². The topological polar surface area (TPSA) is 70.8 Å². The number of aliphatic hydroxyl groups excluding tert-OH is 1. The molecule has 6 heteroatoms. The van der Waals surface area contributed by atoms with Crippen LogP contribution in [0.15, 0.2) is 16.7 Å². The zero-order valence-corrected chi connectivity index (χ0v) is 20.2. The summed E-state index contributed by atoms with van der Waals surface area (Å²) < 4.78 is 11.7. The molecule has 2 heterocycles. The van der Waals surface area contributed by atoms with Gasteiger partial charge in [-0.2, -0.15) is 0 Å². The number of nitrogens with one attached hydrogen (secondary N) is 1. The van der Waals surface area contributed by atoms with Crippen molar-refractivity contribution in [1.82, 2.24) is 15.4 Å². The predicted molar refractivity (Wildman–Crippen MR) is 128 cm³/mol. The highest BCUT2D eigenvalue weighted by molar-refractivity contribution is 5.84. The third kappa shape index (κ3) is 5.83. The number of likely N-dealkylation sites (tertiary alicyclic amines) is 1. The van der Waals surface area contributed by atoms with Gasteiger partial charge >= 0.3 is 0 Å². The summed E-state index contributed by atoms with van der Waals surface area (Å²) in [5.41, 5.74) is 3.30. The Bertz CT molecular complexity index is 865. The molecule has 1 aliphatic heterocycles. The van der Waals surface area contributed by atoms with Crippen LogP contribution in [0.1, 0.15) is 56.2 Å². The van der Waals surface area contributed by atoms with Crippen LogP contribution in [0, 0.1) is 24.2 Å². The van der Waals surface area contributed by atoms with E-state index in [4.69, 9.17) is 9.26 Å². The zero-order valence-electron chi connectivity index (χ0n) is 20.2. The molecule has 1 saturated heterocycles. The highest BCUT2D eigenvalue weighted by Gasteiger charge is 2.43. The molecule has 2 aromatic rings. The molecule has 0 spiro atoms. The van der Waals surface area contributed by atoms with E-state index < -0.39 is 0 Å². The summed E-state index contributed by atoms with van der Waals surface area (Å²) in [4.78, 5) is 2.57. The number of rotatable bonds is 9. The number of aryl methyl sites for hydroxylation is 2. The van der Waals surface area contributed by atoms with Crippen molar-refractivity contribution in [2.75, 3.05) is 46.9 Å². The van der Waals surface area contributed by atoms with Gasteiger partial charge in [0.15, 0.2) is 5.58 Å². The fraction of sp³-hybridized carbons (Fsp3) is 0.731. The number of hydrogen-bond acceptors (Lipinski definition) is 6. The van der Waals surface area contributed by atoms with Gasteiger partial charge in [0.2, 0.25) is 0 Å². The molecule has 5 rings (SSSR count). The molecule has 6 nitrogen and oxygen atoms in total. The Balaban J connectivity index is 0.000000775. The first-order chi connectivity index (χ1) is 15.6. The highest BCUT2D eigenvalue weighted by Crippen LogP contribution is 2.46. The molecular weight excluding hydrogens is 402 g/mol. The van der Waals surface area contributed by atoms with Crippen molar-refractivity contribution < 1.29 is 14.4 Å². The molecule has 3 fully saturated rings. The maximum Gasteiger partial charge on any atom is 0.173 e. The molecular formula is C26H41N3O3. The molecule has 1 aromatic carbocycles. The first kappa shape index (κ1) is 23.5. The van der Waals surface area contributed by atoms with Crippen LogP contribution in [0.3, 0.4) is 0 Å². The number of aliphatic hydroxyl groups is 1. The van der Waals surface area contributed by atoms with E-state index in [0.717, 1.165) is 59.4 Å². The van der Waals surface area contributed by atoms with Crippen LogP contribution in [0.5, 0.6) is 5.75 Å². The maximum atomic E-state index is 9.56. The minimum Gasteiger partial charge on any atom is -0.493 e. The van der Waals surface area contributed by atoms with Crippen LogP contribution < -0.4 is 10.1 Å². The van der Waals surface area contributed by atoms with Crippen LogP contribution in [0.4, 0.5) is 0 Å². The summed E-state index contributed by atoms with van der Waals surface area (Å²) in [6.45, 7) is 6.70. The van der Waals surface area contributed by atoms with E-state index in [0.29, 0.717) is 6.61 Å². The number of fused-ring (bicyclic) bond motifs is 1. The fourth-order valence-corrected chi connectivity index (χ4v) is 4.79. The van der Waals surface area contributed by atoms with Crippen molar-refractivity contribution in [1.29, 1.82) is 0 Å². The van der Waals surface area contributed by atoms with Crippen LogP contribution in [-0.4, -0.2) is 62.1 Å². The second-order valence-corrected chi connectivity index (χ2v) is 10.4. The summed E-state index contributed by atoms with van der Waals surface area (Å²) in [5.74, 6) is 2.46. The molecule has 1 aromatic heterocycles. The van der Waals surface area contributed by atoms with Crippen molar-refractivity contribution in [2.45, 2.75) is 58.3 Å². The second-order valence-electron chi connectivity index (χ2n) is 10.4. The Hall–Kier alpha value is -1.63. The van der Waals surface area contributed by atoms with Crippen molar-refractivity contribution >= 4 is 11.0 Å². The first-order valence-corrected chi connectivity index (χ1v) is 12.5. The van der Waals surface area contributed by atoms with E-state index in [1.165, 1.54) is 58.0 Å². The third-order valence-electron chi connectivity index (χ3n) is 7.43. The highest BCUT2D eigenvalue weighted by atomic mass is 16.5. The van der Waals surface area contributed by atoms with Crippen LogP contribution >= 0.6 is 0 Å². The van der Waals surface area contributed by atoms with Crippen molar-refractivity contribution in [3.05, 3.63) is 23.4 Å². The second kappa shape index (κ2) is 10.5. The zero-order chi connectivity index (χ0) is 22.6. The van der Waals surface area contributed by atoms with Gasteiger partial charge in [0, 0.05) is 29.5 Å². The minimum atomic E-state index is 0.242. The van der Waals surface area contributed by atoms with Crippen molar-refractivity contribution in [3.63, 3.8) is 0 Å². The normalized spacial score (nSPS) is 20.8. The summed E-state index contributed by atoms with van der Waals surface area (Å²) >= 11 is 0. The van der Waals surface area contributed by atoms with Crippen LogP contribution in [0.2, 0.25) is 0 Å². The van der Waals surface area contributed by atoms with Gasteiger partial charge < -0.3 is 24.6 Å². The van der Waals surface area contributed by atoms with Gasteiger partial charge in [0.05, 0.1) is 12.3 Å². The smallest absolute Gasteiger partial charge is 0.173 e. The summed E-state index contributed by atoms with van der Waals surface area (Å²) in [5, 5.41) is 17.9. The summed E-state index contributed by atoms with van der Waals surface area (Å²) in [6.07, 6.45) is 9.69. The van der Waals surface area contributed by atoms with Gasteiger partial charge in [-0.25, -0.2) is 0 Å². The van der Waals surface area contributed by atoms with E-state index in [1.807, 2.05) is 14.1 Å². The number of hydrogen-bond donors (Lipinski definition) is 2. The van der Waals surface area contributed by atoms with Gasteiger partial charge in [-0.05, 0) is 109 Å². The van der Waals surface area contributed by atoms with E-state index in [-0.39, 0.29) is 5.41 Å². The maximum absolute atomic E-state index is 9.56. The lowest BCUT2D eigenvalue weighted by Gasteiger charge is -2.34. The molecule has 0 atom stereocenters. The SMILES string of the molecule is CNC.Cc1c(OCC2CC2)ccc2c(CCC3CCN(CC4(CO)CC4)CC3)noc12. The lowest BCUT2D eigenvalue weighted by atomic mass is 9.90. The third-order valence-corrected chi connectivity index (χ3v) is 7.43. The molecule has 0 radical (unpaired) electrons. The molecule has 0 amide bonds. The quantitative estimate of drug-likeness (QED) is 0.606. The van der Waals surface area contributed by atoms with Crippen molar-refractivity contribution in [3.8, 4) is 5.75 Å². The van der Waals surface area contributed by atoms with Crippen LogP contribution in [0.25, 0.3) is 11.0 Å². The fourth-order valence-electron chi connectivity index (χ4n) is 4.79. The van der Waals surface area contributed by atoms with E-state index in [2.05, 4.69) is 34.4 Å². The Morgan fingerprint density at radius 3 is 2.50 bits per heavy atom. The van der Waals surface area contributed by atoms with Gasteiger partial charge in [0.25, 0.3) is 0 Å². The largest absolute Gasteiger partial charge is 0.493 e. The van der Waals surface area contributed by atoms with Gasteiger partial charge in [-0.3, -0.25) is 0 Å². The molecule has 2 saturated carbocycles. The molecule has 32 heavy (non-hydrogen) atoms. The molecule has 0 unspecified atom stereocenters. The molecule has 2 aliphatic carbocycles. The number of aromatic nitrogens is 1. The Labute approximate surface area is 192 Å².